The van der Waals surface area contributed by atoms with Crippen LogP contribution in [-0.2, 0) is 11.3 Å². The molecule has 2 aromatic carbocycles. The minimum Gasteiger partial charge on any atom is -0.497 e. The third-order valence-electron chi connectivity index (χ3n) is 4.53. The maximum absolute atomic E-state index is 5.33. The van der Waals surface area contributed by atoms with Crippen LogP contribution >= 0.6 is 11.3 Å². The molecule has 0 amide bonds. The first kappa shape index (κ1) is 18.4. The smallest absolute Gasteiger partial charge is 0.190 e. The van der Waals surface area contributed by atoms with Gasteiger partial charge in [-0.3, -0.25) is 4.98 Å². The molecule has 0 aliphatic rings. The molecule has 5 nitrogen and oxygen atoms in total. The van der Waals surface area contributed by atoms with E-state index in [0.29, 0.717) is 6.61 Å². The summed E-state index contributed by atoms with van der Waals surface area (Å²) in [5.41, 5.74) is 3.12. The average molecular weight is 391 g/mol. The van der Waals surface area contributed by atoms with Crippen molar-refractivity contribution in [2.75, 3.05) is 20.8 Å². The summed E-state index contributed by atoms with van der Waals surface area (Å²) in [5, 5.41) is 4.48. The van der Waals surface area contributed by atoms with Gasteiger partial charge >= 0.3 is 0 Å². The van der Waals surface area contributed by atoms with Gasteiger partial charge in [0.15, 0.2) is 4.80 Å². The molecule has 2 heterocycles. The molecule has 0 N–H and O–H groups in total. The number of rotatable bonds is 6. The van der Waals surface area contributed by atoms with Gasteiger partial charge in [0.1, 0.15) is 5.75 Å². The zero-order valence-electron chi connectivity index (χ0n) is 15.8. The van der Waals surface area contributed by atoms with Crippen LogP contribution in [0.3, 0.4) is 0 Å². The number of pyridine rings is 1. The molecule has 6 heteroatoms. The molecule has 0 spiro atoms. The number of hydrogen-bond donors (Lipinski definition) is 0. The molecule has 4 rings (SSSR count). The predicted molar refractivity (Wildman–Crippen MR) is 113 cm³/mol. The van der Waals surface area contributed by atoms with Crippen molar-refractivity contribution in [1.29, 1.82) is 0 Å². The van der Waals surface area contributed by atoms with Crippen molar-refractivity contribution in [3.05, 3.63) is 71.1 Å². The molecule has 0 unspecified atom stereocenters. The van der Waals surface area contributed by atoms with Gasteiger partial charge in [-0.05, 0) is 46.7 Å². The van der Waals surface area contributed by atoms with Crippen LogP contribution in [0.5, 0.6) is 5.75 Å². The Bertz CT molecular complexity index is 1150. The second kappa shape index (κ2) is 8.37. The highest BCUT2D eigenvalue weighted by atomic mass is 32.1. The minimum atomic E-state index is 0.620. The molecule has 0 aliphatic carbocycles. The van der Waals surface area contributed by atoms with Crippen LogP contribution < -0.4 is 9.54 Å². The normalized spacial score (nSPS) is 11.9. The molecule has 2 aromatic heterocycles. The maximum Gasteiger partial charge on any atom is 0.190 e. The molecule has 0 aliphatic heterocycles. The van der Waals surface area contributed by atoms with Gasteiger partial charge in [0.05, 0.1) is 31.3 Å². The van der Waals surface area contributed by atoms with Crippen LogP contribution in [0.25, 0.3) is 22.0 Å². The first-order chi connectivity index (χ1) is 13.8. The van der Waals surface area contributed by atoms with Gasteiger partial charge < -0.3 is 14.0 Å². The molecule has 0 bridgehead atoms. The summed E-state index contributed by atoms with van der Waals surface area (Å²) in [6.07, 6.45) is 3.52. The number of benzene rings is 2. The third-order valence-corrected chi connectivity index (χ3v) is 5.39. The van der Waals surface area contributed by atoms with Crippen molar-refractivity contribution in [1.82, 2.24) is 9.55 Å². The lowest BCUT2D eigenvalue weighted by Gasteiger charge is -2.10. The van der Waals surface area contributed by atoms with Crippen LogP contribution in [0.4, 0.5) is 5.69 Å². The van der Waals surface area contributed by atoms with Gasteiger partial charge in [-0.2, -0.15) is 0 Å². The monoisotopic (exact) mass is 391 g/mol. The largest absolute Gasteiger partial charge is 0.497 e. The van der Waals surface area contributed by atoms with Crippen LogP contribution in [-0.4, -0.2) is 30.4 Å². The van der Waals surface area contributed by atoms with E-state index in [0.717, 1.165) is 39.4 Å². The standard InChI is InChI=1S/C22H21N3O2S/c1-26-11-10-25-21(15-28-22(25)24-19-4-3-9-23-14-19)18-6-5-17-13-20(27-2)8-7-16(17)12-18/h3-9,12-15H,10-11H2,1-2H3. The number of aromatic nitrogens is 2. The van der Waals surface area contributed by atoms with Crippen molar-refractivity contribution < 1.29 is 9.47 Å². The highest BCUT2D eigenvalue weighted by Crippen LogP contribution is 2.27. The van der Waals surface area contributed by atoms with Gasteiger partial charge in [-0.25, -0.2) is 4.99 Å². The second-order valence-corrected chi connectivity index (χ2v) is 7.14. The lowest BCUT2D eigenvalue weighted by atomic mass is 10.1. The number of fused-ring (bicyclic) bond motifs is 1. The second-order valence-electron chi connectivity index (χ2n) is 6.30. The SMILES string of the molecule is COCCn1c(-c2ccc3cc(OC)ccc3c2)csc1=Nc1cccnc1. The summed E-state index contributed by atoms with van der Waals surface area (Å²) >= 11 is 1.62. The highest BCUT2D eigenvalue weighted by Gasteiger charge is 2.09. The molecule has 0 radical (unpaired) electrons. The van der Waals surface area contributed by atoms with E-state index in [1.807, 2.05) is 18.2 Å². The van der Waals surface area contributed by atoms with Gasteiger partial charge in [-0.15, -0.1) is 11.3 Å². The number of thiazole rings is 1. The van der Waals surface area contributed by atoms with Crippen molar-refractivity contribution in [2.45, 2.75) is 6.54 Å². The third kappa shape index (κ3) is 3.83. The maximum atomic E-state index is 5.33. The fourth-order valence-corrected chi connectivity index (χ4v) is 4.04. The number of nitrogens with zero attached hydrogens (tertiary/aromatic N) is 3. The number of hydrogen-bond acceptors (Lipinski definition) is 5. The van der Waals surface area contributed by atoms with E-state index in [-0.39, 0.29) is 0 Å². The first-order valence-electron chi connectivity index (χ1n) is 8.98. The van der Waals surface area contributed by atoms with Crippen LogP contribution in [0.1, 0.15) is 0 Å². The van der Waals surface area contributed by atoms with Crippen LogP contribution in [0.15, 0.2) is 71.3 Å². The molecule has 4 aromatic rings. The van der Waals surface area contributed by atoms with Crippen molar-refractivity contribution >= 4 is 27.8 Å². The first-order valence-corrected chi connectivity index (χ1v) is 9.86. The Balaban J connectivity index is 1.80. The number of methoxy groups -OCH3 is 2. The predicted octanol–water partition coefficient (Wildman–Crippen LogP) is 4.65. The molecule has 0 atom stereocenters. The van der Waals surface area contributed by atoms with E-state index in [1.54, 1.807) is 38.0 Å². The Hall–Kier alpha value is -2.96. The number of ether oxygens (including phenoxy) is 2. The molecule has 0 saturated heterocycles. The van der Waals surface area contributed by atoms with Gasteiger partial charge in [-0.1, -0.05) is 18.2 Å². The fraction of sp³-hybridized carbons (Fsp3) is 0.182. The van der Waals surface area contributed by atoms with E-state index >= 15 is 0 Å². The van der Waals surface area contributed by atoms with E-state index < -0.39 is 0 Å². The highest BCUT2D eigenvalue weighted by molar-refractivity contribution is 7.07. The Labute approximate surface area is 167 Å². The van der Waals surface area contributed by atoms with Crippen molar-refractivity contribution in [3.63, 3.8) is 0 Å². The summed E-state index contributed by atoms with van der Waals surface area (Å²) in [6, 6.07) is 16.4. The lowest BCUT2D eigenvalue weighted by Crippen LogP contribution is -2.18. The quantitative estimate of drug-likeness (QED) is 0.481. The van der Waals surface area contributed by atoms with Gasteiger partial charge in [0.25, 0.3) is 0 Å². The Morgan fingerprint density at radius 2 is 1.93 bits per heavy atom. The van der Waals surface area contributed by atoms with Gasteiger partial charge in [0, 0.05) is 25.2 Å². The molecular formula is C22H21N3O2S. The van der Waals surface area contributed by atoms with E-state index in [4.69, 9.17) is 14.5 Å². The van der Waals surface area contributed by atoms with E-state index in [1.165, 1.54) is 5.39 Å². The van der Waals surface area contributed by atoms with E-state index in [9.17, 15) is 0 Å². The molecule has 0 fully saturated rings. The summed E-state index contributed by atoms with van der Waals surface area (Å²) in [5.74, 6) is 0.864. The summed E-state index contributed by atoms with van der Waals surface area (Å²) in [7, 11) is 3.40. The van der Waals surface area contributed by atoms with Crippen LogP contribution in [0.2, 0.25) is 0 Å². The van der Waals surface area contributed by atoms with Gasteiger partial charge in [0.2, 0.25) is 0 Å². The topological polar surface area (TPSA) is 48.6 Å². The average Bonchev–Trinajstić information content (AvgIpc) is 3.14. The summed E-state index contributed by atoms with van der Waals surface area (Å²) in [6.45, 7) is 1.35. The lowest BCUT2D eigenvalue weighted by molar-refractivity contribution is 0.187. The van der Waals surface area contributed by atoms with Crippen molar-refractivity contribution in [3.8, 4) is 17.0 Å². The Morgan fingerprint density at radius 3 is 2.71 bits per heavy atom. The Kier molecular flexibility index (Phi) is 5.50. The molecular weight excluding hydrogens is 370 g/mol. The van der Waals surface area contributed by atoms with E-state index in [2.05, 4.69) is 45.3 Å². The zero-order valence-corrected chi connectivity index (χ0v) is 16.6. The van der Waals surface area contributed by atoms with Crippen LogP contribution in [0, 0.1) is 0 Å². The van der Waals surface area contributed by atoms with Crippen molar-refractivity contribution in [2.24, 2.45) is 4.99 Å². The molecule has 28 heavy (non-hydrogen) atoms. The minimum absolute atomic E-state index is 0.620. The molecule has 142 valence electrons. The molecule has 0 saturated carbocycles. The fourth-order valence-electron chi connectivity index (χ4n) is 3.09. The Morgan fingerprint density at radius 1 is 1.07 bits per heavy atom. The summed E-state index contributed by atoms with van der Waals surface area (Å²) < 4.78 is 12.8. The zero-order chi connectivity index (χ0) is 19.3. The summed E-state index contributed by atoms with van der Waals surface area (Å²) in [4.78, 5) is 9.85.